The maximum absolute atomic E-state index is 13.6. The summed E-state index contributed by atoms with van der Waals surface area (Å²) in [6.45, 7) is 1.66. The molecule has 1 N–H and O–H groups in total. The second kappa shape index (κ2) is 7.17. The molecule has 7 nitrogen and oxygen atoms in total. The molecule has 0 saturated heterocycles. The Labute approximate surface area is 181 Å². The van der Waals surface area contributed by atoms with Crippen LogP contribution in [0.2, 0.25) is 10.0 Å². The predicted molar refractivity (Wildman–Crippen MR) is 111 cm³/mol. The monoisotopic (exact) mass is 440 g/mol. The van der Waals surface area contributed by atoms with Gasteiger partial charge in [0.05, 0.1) is 23.5 Å². The first-order chi connectivity index (χ1) is 14.2. The van der Waals surface area contributed by atoms with Gasteiger partial charge in [-0.25, -0.2) is 14.7 Å². The number of benzene rings is 2. The molecule has 0 saturated carbocycles. The third kappa shape index (κ3) is 3.11. The zero-order valence-corrected chi connectivity index (χ0v) is 17.1. The largest absolute Gasteiger partial charge is 0.477 e. The fourth-order valence-electron chi connectivity index (χ4n) is 3.71. The molecule has 0 radical (unpaired) electrons. The van der Waals surface area contributed by atoms with E-state index in [9.17, 15) is 14.7 Å². The molecule has 1 aliphatic rings. The zero-order valence-electron chi connectivity index (χ0n) is 15.6. The van der Waals surface area contributed by atoms with Crippen LogP contribution >= 0.6 is 23.2 Å². The lowest BCUT2D eigenvalue weighted by atomic mass is 9.91. The summed E-state index contributed by atoms with van der Waals surface area (Å²) in [7, 11) is 0. The van der Waals surface area contributed by atoms with Crippen LogP contribution in [0.1, 0.15) is 28.5 Å². The van der Waals surface area contributed by atoms with Crippen molar-refractivity contribution in [3.05, 3.63) is 75.5 Å². The number of nitriles is 1. The van der Waals surface area contributed by atoms with Gasteiger partial charge in [0.15, 0.2) is 0 Å². The molecule has 0 bridgehead atoms. The predicted octanol–water partition coefficient (Wildman–Crippen LogP) is 4.40. The number of carbonyl (C=O) groups is 2. The lowest BCUT2D eigenvalue weighted by molar-refractivity contribution is -0.123. The van der Waals surface area contributed by atoms with E-state index in [-0.39, 0.29) is 24.0 Å². The minimum atomic E-state index is -1.26. The molecule has 9 heteroatoms. The SMILES string of the molecule is CC1(Cc2ccc(C#N)cc2)C(=O)N(c2cc(Cl)cc(Cl)c2)c2ncc(C(=O)O)n21. The van der Waals surface area contributed by atoms with Crippen LogP contribution in [0.5, 0.6) is 0 Å². The molecule has 3 aromatic rings. The number of carboxylic acids is 1. The van der Waals surface area contributed by atoms with Crippen LogP contribution in [0.15, 0.2) is 48.7 Å². The smallest absolute Gasteiger partial charge is 0.354 e. The number of anilines is 2. The molecule has 1 unspecified atom stereocenters. The van der Waals surface area contributed by atoms with E-state index in [2.05, 4.69) is 4.98 Å². The van der Waals surface area contributed by atoms with Gasteiger partial charge >= 0.3 is 5.97 Å². The van der Waals surface area contributed by atoms with Crippen molar-refractivity contribution in [2.45, 2.75) is 18.9 Å². The number of amides is 1. The Kier molecular flexibility index (Phi) is 4.77. The van der Waals surface area contributed by atoms with Crippen molar-refractivity contribution in [2.75, 3.05) is 4.90 Å². The van der Waals surface area contributed by atoms with Gasteiger partial charge in [-0.1, -0.05) is 35.3 Å². The number of carbonyl (C=O) groups excluding carboxylic acids is 1. The van der Waals surface area contributed by atoms with Crippen molar-refractivity contribution in [2.24, 2.45) is 0 Å². The van der Waals surface area contributed by atoms with E-state index < -0.39 is 11.5 Å². The summed E-state index contributed by atoms with van der Waals surface area (Å²) in [6, 6.07) is 13.5. The van der Waals surface area contributed by atoms with E-state index in [0.29, 0.717) is 21.3 Å². The van der Waals surface area contributed by atoms with Crippen molar-refractivity contribution in [1.29, 1.82) is 5.26 Å². The van der Waals surface area contributed by atoms with Gasteiger partial charge < -0.3 is 5.11 Å². The highest BCUT2D eigenvalue weighted by atomic mass is 35.5. The molecule has 4 rings (SSSR count). The normalized spacial score (nSPS) is 17.7. The first-order valence-electron chi connectivity index (χ1n) is 8.86. The number of carboxylic acid groups (broad SMARTS) is 1. The highest BCUT2D eigenvalue weighted by Crippen LogP contribution is 2.43. The Morgan fingerprint density at radius 3 is 2.40 bits per heavy atom. The van der Waals surface area contributed by atoms with E-state index in [1.165, 1.54) is 21.7 Å². The van der Waals surface area contributed by atoms with Crippen molar-refractivity contribution < 1.29 is 14.7 Å². The Bertz CT molecular complexity index is 1210. The number of aromatic carboxylic acids is 1. The summed E-state index contributed by atoms with van der Waals surface area (Å²) < 4.78 is 1.42. The lowest BCUT2D eigenvalue weighted by Gasteiger charge is -2.26. The number of aromatic nitrogens is 2. The number of imidazole rings is 1. The van der Waals surface area contributed by atoms with E-state index in [0.717, 1.165) is 5.56 Å². The molecule has 0 spiro atoms. The lowest BCUT2D eigenvalue weighted by Crippen LogP contribution is -2.42. The second-order valence-electron chi connectivity index (χ2n) is 7.11. The van der Waals surface area contributed by atoms with Gasteiger partial charge in [0.1, 0.15) is 11.2 Å². The van der Waals surface area contributed by atoms with E-state index in [1.807, 2.05) is 6.07 Å². The maximum Gasteiger partial charge on any atom is 0.354 e. The highest BCUT2D eigenvalue weighted by molar-refractivity contribution is 6.35. The number of rotatable bonds is 4. The fraction of sp³-hybridized carbons (Fsp3) is 0.143. The van der Waals surface area contributed by atoms with Crippen LogP contribution in [0.3, 0.4) is 0 Å². The number of halogens is 2. The molecule has 150 valence electrons. The Hall–Kier alpha value is -3.34. The molecule has 0 fully saturated rings. The standard InChI is InChI=1S/C21H14Cl2N4O3/c1-21(9-12-2-4-13(10-24)5-3-12)19(30)26(16-7-14(22)6-15(23)8-16)20-25-11-17(18(28)29)27(20)21/h2-8,11H,9H2,1H3,(H,28,29). The molecule has 2 aromatic carbocycles. The molecule has 1 atom stereocenters. The first-order valence-corrected chi connectivity index (χ1v) is 9.61. The number of fused-ring (bicyclic) bond motifs is 1. The van der Waals surface area contributed by atoms with E-state index in [1.54, 1.807) is 43.3 Å². The molecule has 1 aromatic heterocycles. The van der Waals surface area contributed by atoms with Gasteiger partial charge in [-0.15, -0.1) is 0 Å². The van der Waals surface area contributed by atoms with Crippen LogP contribution in [0, 0.1) is 11.3 Å². The number of nitrogens with zero attached hydrogens (tertiary/aromatic N) is 4. The summed E-state index contributed by atoms with van der Waals surface area (Å²) in [5.41, 5.74) is 0.288. The average molecular weight is 441 g/mol. The van der Waals surface area contributed by atoms with Crippen molar-refractivity contribution in [3.8, 4) is 6.07 Å². The summed E-state index contributed by atoms with van der Waals surface area (Å²) >= 11 is 12.2. The van der Waals surface area contributed by atoms with Gasteiger partial charge in [0.2, 0.25) is 5.95 Å². The van der Waals surface area contributed by atoms with Gasteiger partial charge in [0.25, 0.3) is 5.91 Å². The highest BCUT2D eigenvalue weighted by Gasteiger charge is 2.51. The van der Waals surface area contributed by atoms with E-state index in [4.69, 9.17) is 28.5 Å². The van der Waals surface area contributed by atoms with Crippen molar-refractivity contribution >= 4 is 46.7 Å². The average Bonchev–Trinajstić information content (AvgIpc) is 3.21. The summed E-state index contributed by atoms with van der Waals surface area (Å²) in [4.78, 5) is 31.0. The molecular formula is C21H14Cl2N4O3. The molecule has 1 aliphatic heterocycles. The number of hydrogen-bond acceptors (Lipinski definition) is 4. The van der Waals surface area contributed by atoms with Crippen LogP contribution < -0.4 is 4.90 Å². The quantitative estimate of drug-likeness (QED) is 0.647. The zero-order chi connectivity index (χ0) is 21.6. The summed E-state index contributed by atoms with van der Waals surface area (Å²) in [5.74, 6) is -1.39. The van der Waals surface area contributed by atoms with E-state index >= 15 is 0 Å². The Morgan fingerprint density at radius 2 is 1.83 bits per heavy atom. The summed E-state index contributed by atoms with van der Waals surface area (Å²) in [6.07, 6.45) is 1.42. The van der Waals surface area contributed by atoms with Crippen LogP contribution in [0.4, 0.5) is 11.6 Å². The Balaban J connectivity index is 1.87. The van der Waals surface area contributed by atoms with Gasteiger partial charge in [-0.05, 0) is 42.8 Å². The van der Waals surface area contributed by atoms with Gasteiger partial charge in [0, 0.05) is 16.5 Å². The Morgan fingerprint density at radius 1 is 1.20 bits per heavy atom. The third-order valence-corrected chi connectivity index (χ3v) is 5.49. The van der Waals surface area contributed by atoms with Crippen LogP contribution in [0.25, 0.3) is 0 Å². The molecule has 1 amide bonds. The maximum atomic E-state index is 13.6. The third-order valence-electron chi connectivity index (χ3n) is 5.06. The molecule has 0 aliphatic carbocycles. The number of hydrogen-bond donors (Lipinski definition) is 1. The van der Waals surface area contributed by atoms with Gasteiger partial charge in [-0.3, -0.25) is 9.36 Å². The minimum Gasteiger partial charge on any atom is -0.477 e. The molecule has 30 heavy (non-hydrogen) atoms. The molecule has 2 heterocycles. The van der Waals surface area contributed by atoms with Crippen LogP contribution in [-0.4, -0.2) is 26.5 Å². The fourth-order valence-corrected chi connectivity index (χ4v) is 4.23. The second-order valence-corrected chi connectivity index (χ2v) is 7.98. The molecular weight excluding hydrogens is 427 g/mol. The van der Waals surface area contributed by atoms with Gasteiger partial charge in [-0.2, -0.15) is 5.26 Å². The summed E-state index contributed by atoms with van der Waals surface area (Å²) in [5, 5.41) is 19.3. The van der Waals surface area contributed by atoms with Crippen molar-refractivity contribution in [3.63, 3.8) is 0 Å². The minimum absolute atomic E-state index is 0.106. The van der Waals surface area contributed by atoms with Crippen molar-refractivity contribution in [1.82, 2.24) is 9.55 Å². The van der Waals surface area contributed by atoms with Crippen LogP contribution in [-0.2, 0) is 16.8 Å². The topological polar surface area (TPSA) is 99.2 Å². The first kappa shape index (κ1) is 20.0.